The quantitative estimate of drug-likeness (QED) is 0.855. The molecular formula is C15H22N2O2. The van der Waals surface area contributed by atoms with Crippen molar-refractivity contribution in [3.8, 4) is 11.8 Å². The summed E-state index contributed by atoms with van der Waals surface area (Å²) in [5.74, 6) is 0.811. The van der Waals surface area contributed by atoms with Gasteiger partial charge in [-0.25, -0.2) is 0 Å². The van der Waals surface area contributed by atoms with Gasteiger partial charge in [-0.1, -0.05) is 12.1 Å². The van der Waals surface area contributed by atoms with E-state index >= 15 is 0 Å². The molecule has 0 amide bonds. The predicted octanol–water partition coefficient (Wildman–Crippen LogP) is 2.49. The van der Waals surface area contributed by atoms with Crippen molar-refractivity contribution in [1.29, 1.82) is 5.26 Å². The third-order valence-corrected chi connectivity index (χ3v) is 2.45. The van der Waals surface area contributed by atoms with Gasteiger partial charge in [0.2, 0.25) is 0 Å². The molecule has 0 saturated heterocycles. The SMILES string of the molecule is COc1cccc(COCC(C#N)NC(C)(C)C)c1. The third kappa shape index (κ3) is 6.23. The van der Waals surface area contributed by atoms with E-state index in [2.05, 4.69) is 11.4 Å². The van der Waals surface area contributed by atoms with Crippen LogP contribution in [-0.2, 0) is 11.3 Å². The first kappa shape index (κ1) is 15.5. The Morgan fingerprint density at radius 3 is 2.68 bits per heavy atom. The molecule has 0 heterocycles. The first-order chi connectivity index (χ1) is 8.94. The number of methoxy groups -OCH3 is 1. The molecule has 1 aromatic rings. The minimum Gasteiger partial charge on any atom is -0.497 e. The standard InChI is InChI=1S/C15H22N2O2/c1-15(2,3)17-13(9-16)11-19-10-12-6-5-7-14(8-12)18-4/h5-8,13,17H,10-11H2,1-4H3. The Labute approximate surface area is 115 Å². The number of rotatable bonds is 6. The minimum atomic E-state index is -0.300. The molecule has 0 saturated carbocycles. The predicted molar refractivity (Wildman–Crippen MR) is 74.9 cm³/mol. The van der Waals surface area contributed by atoms with E-state index in [-0.39, 0.29) is 11.6 Å². The molecule has 0 aliphatic rings. The lowest BCUT2D eigenvalue weighted by Gasteiger charge is -2.24. The van der Waals surface area contributed by atoms with E-state index in [1.165, 1.54) is 0 Å². The number of hydrogen-bond donors (Lipinski definition) is 1. The monoisotopic (exact) mass is 262 g/mol. The lowest BCUT2D eigenvalue weighted by Crippen LogP contribution is -2.45. The Morgan fingerprint density at radius 2 is 2.11 bits per heavy atom. The second-order valence-electron chi connectivity index (χ2n) is 5.44. The van der Waals surface area contributed by atoms with E-state index in [9.17, 15) is 0 Å². The zero-order chi connectivity index (χ0) is 14.3. The zero-order valence-electron chi connectivity index (χ0n) is 12.1. The zero-order valence-corrected chi connectivity index (χ0v) is 12.1. The highest BCUT2D eigenvalue weighted by molar-refractivity contribution is 5.27. The van der Waals surface area contributed by atoms with Crippen LogP contribution in [0.5, 0.6) is 5.75 Å². The van der Waals surface area contributed by atoms with Crippen LogP contribution in [0.25, 0.3) is 0 Å². The highest BCUT2D eigenvalue weighted by Gasteiger charge is 2.16. The van der Waals surface area contributed by atoms with Gasteiger partial charge in [-0.3, -0.25) is 5.32 Å². The molecule has 0 aliphatic heterocycles. The molecule has 104 valence electrons. The summed E-state index contributed by atoms with van der Waals surface area (Å²) in [5.41, 5.74) is 0.937. The van der Waals surface area contributed by atoms with Crippen molar-refractivity contribution < 1.29 is 9.47 Å². The van der Waals surface area contributed by atoms with Crippen molar-refractivity contribution in [2.24, 2.45) is 0 Å². The smallest absolute Gasteiger partial charge is 0.119 e. The molecule has 4 nitrogen and oxygen atoms in total. The summed E-state index contributed by atoms with van der Waals surface area (Å²) in [5, 5.41) is 12.3. The van der Waals surface area contributed by atoms with Gasteiger partial charge in [-0.2, -0.15) is 5.26 Å². The molecule has 4 heteroatoms. The molecule has 0 aliphatic carbocycles. The maximum atomic E-state index is 9.06. The molecule has 1 aromatic carbocycles. The normalized spacial score (nSPS) is 12.8. The summed E-state index contributed by atoms with van der Waals surface area (Å²) in [6.07, 6.45) is 0. The van der Waals surface area contributed by atoms with E-state index in [0.29, 0.717) is 13.2 Å². The molecule has 0 fully saturated rings. The van der Waals surface area contributed by atoms with Crippen molar-refractivity contribution >= 4 is 0 Å². The number of benzene rings is 1. The molecular weight excluding hydrogens is 240 g/mol. The number of hydrogen-bond acceptors (Lipinski definition) is 4. The van der Waals surface area contributed by atoms with Crippen LogP contribution >= 0.6 is 0 Å². The largest absolute Gasteiger partial charge is 0.497 e. The Hall–Kier alpha value is -1.57. The van der Waals surface area contributed by atoms with Gasteiger partial charge < -0.3 is 9.47 Å². The van der Waals surface area contributed by atoms with Crippen molar-refractivity contribution in [3.63, 3.8) is 0 Å². The van der Waals surface area contributed by atoms with E-state index < -0.39 is 0 Å². The fraction of sp³-hybridized carbons (Fsp3) is 0.533. The van der Waals surface area contributed by atoms with E-state index in [0.717, 1.165) is 11.3 Å². The van der Waals surface area contributed by atoms with Crippen LogP contribution < -0.4 is 10.1 Å². The number of nitriles is 1. The molecule has 0 radical (unpaired) electrons. The maximum Gasteiger partial charge on any atom is 0.119 e. The van der Waals surface area contributed by atoms with Crippen molar-refractivity contribution in [3.05, 3.63) is 29.8 Å². The first-order valence-corrected chi connectivity index (χ1v) is 6.32. The van der Waals surface area contributed by atoms with Gasteiger partial charge in [0.25, 0.3) is 0 Å². The van der Waals surface area contributed by atoms with Crippen molar-refractivity contribution in [2.75, 3.05) is 13.7 Å². The number of ether oxygens (including phenoxy) is 2. The molecule has 1 rings (SSSR count). The Bertz CT molecular complexity index is 433. The van der Waals surface area contributed by atoms with E-state index in [1.54, 1.807) is 7.11 Å². The fourth-order valence-electron chi connectivity index (χ4n) is 1.69. The minimum absolute atomic E-state index is 0.0975. The van der Waals surface area contributed by atoms with Crippen LogP contribution in [0.15, 0.2) is 24.3 Å². The molecule has 1 atom stereocenters. The maximum absolute atomic E-state index is 9.06. The summed E-state index contributed by atoms with van der Waals surface area (Å²) >= 11 is 0. The summed E-state index contributed by atoms with van der Waals surface area (Å²) in [7, 11) is 1.64. The molecule has 1 unspecified atom stereocenters. The Balaban J connectivity index is 2.42. The second-order valence-corrected chi connectivity index (χ2v) is 5.44. The summed E-state index contributed by atoms with van der Waals surface area (Å²) in [6.45, 7) is 6.92. The highest BCUT2D eigenvalue weighted by atomic mass is 16.5. The second kappa shape index (κ2) is 7.13. The number of nitrogens with zero attached hydrogens (tertiary/aromatic N) is 1. The van der Waals surface area contributed by atoms with Gasteiger partial charge in [0, 0.05) is 5.54 Å². The lowest BCUT2D eigenvalue weighted by atomic mass is 10.1. The van der Waals surface area contributed by atoms with Gasteiger partial charge in [-0.05, 0) is 38.5 Å². The van der Waals surface area contributed by atoms with Gasteiger partial charge in [-0.15, -0.1) is 0 Å². The van der Waals surface area contributed by atoms with Crippen LogP contribution in [0.2, 0.25) is 0 Å². The highest BCUT2D eigenvalue weighted by Crippen LogP contribution is 2.13. The summed E-state index contributed by atoms with van der Waals surface area (Å²) in [6, 6.07) is 9.62. The summed E-state index contributed by atoms with van der Waals surface area (Å²) in [4.78, 5) is 0. The van der Waals surface area contributed by atoms with Crippen LogP contribution in [0.3, 0.4) is 0 Å². The van der Waals surface area contributed by atoms with Crippen LogP contribution in [0.4, 0.5) is 0 Å². The van der Waals surface area contributed by atoms with Crippen LogP contribution in [0.1, 0.15) is 26.3 Å². The molecule has 1 N–H and O–H groups in total. The molecule has 19 heavy (non-hydrogen) atoms. The summed E-state index contributed by atoms with van der Waals surface area (Å²) < 4.78 is 10.7. The van der Waals surface area contributed by atoms with Crippen molar-refractivity contribution in [2.45, 2.75) is 39.0 Å². The average molecular weight is 262 g/mol. The van der Waals surface area contributed by atoms with Gasteiger partial charge in [0.15, 0.2) is 0 Å². The molecule has 0 aromatic heterocycles. The molecule has 0 spiro atoms. The van der Waals surface area contributed by atoms with Gasteiger partial charge in [0.1, 0.15) is 11.8 Å². The molecule has 0 bridgehead atoms. The average Bonchev–Trinajstić information content (AvgIpc) is 2.36. The van der Waals surface area contributed by atoms with E-state index in [4.69, 9.17) is 14.7 Å². The van der Waals surface area contributed by atoms with Crippen molar-refractivity contribution in [1.82, 2.24) is 5.32 Å². The van der Waals surface area contributed by atoms with Crippen LogP contribution in [-0.4, -0.2) is 25.3 Å². The third-order valence-electron chi connectivity index (χ3n) is 2.45. The van der Waals surface area contributed by atoms with E-state index in [1.807, 2.05) is 45.0 Å². The first-order valence-electron chi connectivity index (χ1n) is 6.32. The Kier molecular flexibility index (Phi) is 5.81. The topological polar surface area (TPSA) is 54.3 Å². The number of nitrogens with one attached hydrogen (secondary N) is 1. The lowest BCUT2D eigenvalue weighted by molar-refractivity contribution is 0.104. The fourth-order valence-corrected chi connectivity index (χ4v) is 1.69. The Morgan fingerprint density at radius 1 is 1.37 bits per heavy atom. The van der Waals surface area contributed by atoms with Gasteiger partial charge in [0.05, 0.1) is 26.4 Å². The van der Waals surface area contributed by atoms with Gasteiger partial charge >= 0.3 is 0 Å². The van der Waals surface area contributed by atoms with Crippen LogP contribution in [0, 0.1) is 11.3 Å².